The van der Waals surface area contributed by atoms with Crippen LogP contribution in [0.1, 0.15) is 168 Å². The molecule has 0 spiro atoms. The normalized spacial score (nSPS) is 34.4. The quantitative estimate of drug-likeness (QED) is 0.0764. The second kappa shape index (κ2) is 29.8. The number of allylic oxidation sites excluding steroid dienone is 2. The van der Waals surface area contributed by atoms with Crippen LogP contribution in [0.3, 0.4) is 0 Å². The third-order valence-corrected chi connectivity index (χ3v) is 17.7. The summed E-state index contributed by atoms with van der Waals surface area (Å²) in [7, 11) is 0. The molecule has 14 aliphatic rings. The van der Waals surface area contributed by atoms with Crippen molar-refractivity contribution in [3.05, 3.63) is 24.3 Å². The second-order valence-corrected chi connectivity index (χ2v) is 21.9. The molecule has 0 atom stereocenters. The molecule has 0 amide bonds. The van der Waals surface area contributed by atoms with Gasteiger partial charge >= 0.3 is 47.5 Å². The molecule has 8 heterocycles. The fourth-order valence-corrected chi connectivity index (χ4v) is 12.0. The van der Waals surface area contributed by atoms with E-state index in [1.165, 1.54) is 73.9 Å². The molecule has 13 nitrogen and oxygen atoms in total. The first-order valence-electron chi connectivity index (χ1n) is 25.4. The van der Waals surface area contributed by atoms with Gasteiger partial charge in [0.2, 0.25) is 0 Å². The SMILES string of the molecule is C=C1CCC(C(=O)OCC)CC1.C=C1CCC(CO)CC1.CC(=O)OCC12CCC(CC1)CO2.ICC12CCC(CC1)CO2.O=C(O)C12CCC(CC1)CO2.OCC12CCC(CC1)CO2.[Na+].[OH-]. The first-order chi connectivity index (χ1) is 31.2. The predicted molar refractivity (Wildman–Crippen MR) is 261 cm³/mol. The molecule has 6 aliphatic carbocycles. The number of alkyl halides is 1. The van der Waals surface area contributed by atoms with Crippen LogP contribution in [-0.4, -0.2) is 118 Å². The van der Waals surface area contributed by atoms with Crippen LogP contribution in [0.4, 0.5) is 0 Å². The van der Waals surface area contributed by atoms with Gasteiger partial charge in [-0.15, -0.1) is 0 Å². The summed E-state index contributed by atoms with van der Waals surface area (Å²) < 4.78 is 33.6. The van der Waals surface area contributed by atoms with Gasteiger partial charge in [0.15, 0.2) is 5.60 Å². The summed E-state index contributed by atoms with van der Waals surface area (Å²) in [6.45, 7) is 16.1. The molecule has 14 rings (SSSR count). The van der Waals surface area contributed by atoms with Crippen molar-refractivity contribution in [1.29, 1.82) is 0 Å². The van der Waals surface area contributed by atoms with E-state index in [4.69, 9.17) is 43.7 Å². The van der Waals surface area contributed by atoms with Crippen LogP contribution >= 0.6 is 22.6 Å². The molecule has 0 aromatic heterocycles. The number of carboxylic acids is 1. The number of carboxylic acid groups (broad SMARTS) is 1. The minimum atomic E-state index is -0.797. The van der Waals surface area contributed by atoms with Crippen molar-refractivity contribution in [3.8, 4) is 0 Å². The molecule has 8 aliphatic heterocycles. The largest absolute Gasteiger partial charge is 1.00 e. The van der Waals surface area contributed by atoms with E-state index >= 15 is 0 Å². The van der Waals surface area contributed by atoms with E-state index < -0.39 is 11.6 Å². The van der Waals surface area contributed by atoms with Gasteiger partial charge in [0.1, 0.15) is 12.2 Å². The van der Waals surface area contributed by atoms with E-state index in [0.29, 0.717) is 56.7 Å². The number of aliphatic hydroxyl groups excluding tert-OH is 2. The smallest absolute Gasteiger partial charge is 0.870 e. The summed E-state index contributed by atoms with van der Waals surface area (Å²) in [5, 5.41) is 26.7. The number of rotatable bonds is 8. The van der Waals surface area contributed by atoms with Crippen LogP contribution in [0.5, 0.6) is 0 Å². The van der Waals surface area contributed by atoms with Crippen molar-refractivity contribution in [1.82, 2.24) is 0 Å². The minimum absolute atomic E-state index is 0. The molecule has 8 bridgehead atoms. The molecular formula is C52H86INaO13. The van der Waals surface area contributed by atoms with Crippen LogP contribution in [0.25, 0.3) is 0 Å². The maximum Gasteiger partial charge on any atom is 1.00 e. The Labute approximate surface area is 438 Å². The number of ether oxygens (including phenoxy) is 6. The molecule has 15 heteroatoms. The number of aliphatic carboxylic acids is 1. The molecule has 67 heavy (non-hydrogen) atoms. The number of carbonyl (C=O) groups excluding carboxylic acids is 2. The Balaban J connectivity index is 0.000000213. The Hall–Kier alpha value is -0.660. The Morgan fingerprint density at radius 3 is 1.31 bits per heavy atom. The molecule has 0 radical (unpaired) electrons. The van der Waals surface area contributed by atoms with Crippen LogP contribution in [0, 0.1) is 35.5 Å². The first kappa shape index (κ1) is 60.6. The van der Waals surface area contributed by atoms with E-state index in [-0.39, 0.29) is 70.7 Å². The molecular weight excluding hydrogens is 982 g/mol. The maximum absolute atomic E-state index is 11.3. The third-order valence-electron chi connectivity index (χ3n) is 16.3. The molecule has 8 saturated heterocycles. The van der Waals surface area contributed by atoms with E-state index in [1.807, 2.05) is 6.92 Å². The summed E-state index contributed by atoms with van der Waals surface area (Å²) in [5.41, 5.74) is 1.91. The average Bonchev–Trinajstić information content (AvgIpc) is 3.37. The summed E-state index contributed by atoms with van der Waals surface area (Å²) >= 11 is 2.46. The monoisotopic (exact) mass is 1070 g/mol. The van der Waals surface area contributed by atoms with Gasteiger partial charge in [-0.2, -0.15) is 0 Å². The zero-order chi connectivity index (χ0) is 46.9. The van der Waals surface area contributed by atoms with Gasteiger partial charge in [-0.05, 0) is 191 Å². The van der Waals surface area contributed by atoms with Crippen LogP contribution < -0.4 is 29.6 Å². The minimum Gasteiger partial charge on any atom is -0.870 e. The van der Waals surface area contributed by atoms with Gasteiger partial charge in [-0.25, -0.2) is 4.79 Å². The van der Waals surface area contributed by atoms with Crippen LogP contribution in [0.2, 0.25) is 0 Å². The Morgan fingerprint density at radius 1 is 0.627 bits per heavy atom. The van der Waals surface area contributed by atoms with Crippen LogP contribution in [-0.2, 0) is 42.8 Å². The zero-order valence-electron chi connectivity index (χ0n) is 41.6. The van der Waals surface area contributed by atoms with E-state index in [9.17, 15) is 14.4 Å². The fraction of sp³-hybridized carbons (Fsp3) is 0.865. The molecule has 6 saturated carbocycles. The van der Waals surface area contributed by atoms with Crippen molar-refractivity contribution in [3.63, 3.8) is 0 Å². The van der Waals surface area contributed by atoms with Gasteiger partial charge in [-0.1, -0.05) is 46.9 Å². The van der Waals surface area contributed by atoms with Crippen molar-refractivity contribution >= 4 is 40.5 Å². The third kappa shape index (κ3) is 18.7. The van der Waals surface area contributed by atoms with Gasteiger partial charge in [0, 0.05) is 18.0 Å². The molecule has 14 fully saturated rings. The molecule has 0 aromatic carbocycles. The average molecular weight is 1070 g/mol. The van der Waals surface area contributed by atoms with E-state index in [2.05, 4.69) is 35.7 Å². The number of hydrogen-bond donors (Lipinski definition) is 3. The van der Waals surface area contributed by atoms with Crippen molar-refractivity contribution in [2.45, 2.75) is 190 Å². The van der Waals surface area contributed by atoms with E-state index in [1.54, 1.807) is 0 Å². The fourth-order valence-electron chi connectivity index (χ4n) is 11.0. The first-order valence-corrected chi connectivity index (χ1v) is 26.9. The number of esters is 2. The topological polar surface area (TPSA) is 197 Å². The molecule has 0 unspecified atom stereocenters. The van der Waals surface area contributed by atoms with Gasteiger partial charge < -0.3 is 49.2 Å². The number of carbonyl (C=O) groups is 3. The number of halogens is 1. The molecule has 380 valence electrons. The number of aliphatic hydroxyl groups is 2. The van der Waals surface area contributed by atoms with Crippen LogP contribution in [0.15, 0.2) is 24.3 Å². The van der Waals surface area contributed by atoms with Gasteiger partial charge in [0.05, 0.1) is 56.8 Å². The van der Waals surface area contributed by atoms with Crippen molar-refractivity contribution < 1.29 is 93.2 Å². The Bertz CT molecular complexity index is 1400. The predicted octanol–water partition coefficient (Wildman–Crippen LogP) is 6.71. The Kier molecular flexibility index (Phi) is 26.9. The number of hydrogen-bond acceptors (Lipinski definition) is 12. The summed E-state index contributed by atoms with van der Waals surface area (Å²) in [4.78, 5) is 32.7. The molecule has 0 aromatic rings. The second-order valence-electron chi connectivity index (χ2n) is 21.1. The summed E-state index contributed by atoms with van der Waals surface area (Å²) in [6, 6.07) is 0. The molecule has 4 N–H and O–H groups in total. The van der Waals surface area contributed by atoms with Gasteiger partial charge in [-0.3, -0.25) is 9.59 Å². The summed E-state index contributed by atoms with van der Waals surface area (Å²) in [6.07, 6.45) is 26.6. The van der Waals surface area contributed by atoms with Crippen molar-refractivity contribution in [2.75, 3.05) is 57.3 Å². The van der Waals surface area contributed by atoms with Gasteiger partial charge in [0.25, 0.3) is 0 Å². The zero-order valence-corrected chi connectivity index (χ0v) is 45.7. The summed E-state index contributed by atoms with van der Waals surface area (Å²) in [5.74, 6) is 2.81. The van der Waals surface area contributed by atoms with E-state index in [0.717, 1.165) is 127 Å². The number of fused-ring (bicyclic) bond motifs is 12. The Morgan fingerprint density at radius 2 is 1.03 bits per heavy atom. The van der Waals surface area contributed by atoms with Crippen molar-refractivity contribution in [2.24, 2.45) is 35.5 Å². The standard InChI is InChI=1S/C10H16O3.C10H16O2.C8H13IO.C8H12O3.C8H14O2.C8H14O.Na.H2O/c1-8(11)12-7-10-4-2-9(3-5-10)6-13-10;1-3-12-10(11)9-6-4-8(2)5-7-9;9-6-8-3-1-7(2-4-8)5-10-8;9-7(10)8-3-1-6(2-4-8)5-11-8;9-6-8-3-1-7(2-4-8)5-10-8;1-7-2-4-8(6-9)5-3-7;;/h9H,2-7H2,1H3;9H,2-7H2,1H3;7H,1-6H2;6H,1-5H2,(H,9,10);7,9H,1-6H2;8-9H,1-6H2;;1H2/q;;;;;;+1;/p-1. The maximum atomic E-state index is 11.3.